The summed E-state index contributed by atoms with van der Waals surface area (Å²) in [5.74, 6) is 1.38. The van der Waals surface area contributed by atoms with E-state index in [9.17, 15) is 5.11 Å². The van der Waals surface area contributed by atoms with E-state index in [1.165, 1.54) is 0 Å². The first-order valence-corrected chi connectivity index (χ1v) is 13.2. The van der Waals surface area contributed by atoms with Gasteiger partial charge in [0.05, 0.1) is 5.69 Å². The fourth-order valence-corrected chi connectivity index (χ4v) is 5.78. The molecule has 6 rings (SSSR count). The Bertz CT molecular complexity index is 1380. The molecule has 1 aliphatic carbocycles. The number of rotatable bonds is 9. The molecule has 1 aliphatic heterocycles. The van der Waals surface area contributed by atoms with Gasteiger partial charge in [-0.05, 0) is 59.6 Å². The maximum absolute atomic E-state index is 15.5. The Morgan fingerprint density at radius 2 is 1.55 bits per heavy atom. The fourth-order valence-electron chi connectivity index (χ4n) is 5.78. The summed E-state index contributed by atoms with van der Waals surface area (Å²) in [7, 11) is 0. The highest BCUT2D eigenvalue weighted by Crippen LogP contribution is 2.45. The molecule has 2 fully saturated rings. The second-order valence-electron chi connectivity index (χ2n) is 10.2. The Morgan fingerprint density at radius 3 is 2.18 bits per heavy atom. The molecular weight excluding hydrogens is 479 g/mol. The van der Waals surface area contributed by atoms with Crippen molar-refractivity contribution in [2.75, 3.05) is 18.1 Å². The Hall–Kier alpha value is -3.90. The molecule has 2 aliphatic rings. The minimum atomic E-state index is -0.256. The number of piperidine rings is 1. The lowest BCUT2D eigenvalue weighted by atomic mass is 9.95. The van der Waals surface area contributed by atoms with Crippen LogP contribution in [-0.2, 0) is 13.2 Å². The standard InChI is InChI=1S/C32H31FN2O3/c33-29-17-24(11-13-30(29)35-18-25-15-27(35)16-26(25)19-36)28-12-14-31(37-20-22-7-3-1-4-8-22)34-32(28)38-21-23-9-5-2-6-10-23/h1-14,17,25-27,36H,15-16,18-21H2/t25-,26+,27-/m0/s1. The molecule has 5 nitrogen and oxygen atoms in total. The van der Waals surface area contributed by atoms with Gasteiger partial charge < -0.3 is 19.5 Å². The fraction of sp³-hybridized carbons (Fsp3) is 0.281. The maximum Gasteiger partial charge on any atom is 0.225 e. The highest BCUT2D eigenvalue weighted by atomic mass is 19.1. The van der Waals surface area contributed by atoms with Gasteiger partial charge in [0, 0.05) is 30.8 Å². The monoisotopic (exact) mass is 510 g/mol. The topological polar surface area (TPSA) is 54.8 Å². The molecule has 1 aromatic heterocycles. The summed E-state index contributed by atoms with van der Waals surface area (Å²) in [6.07, 6.45) is 1.95. The van der Waals surface area contributed by atoms with Crippen LogP contribution in [0.3, 0.4) is 0 Å². The number of aliphatic hydroxyl groups excluding tert-OH is 1. The van der Waals surface area contributed by atoms with E-state index < -0.39 is 0 Å². The number of fused-ring (bicyclic) bond motifs is 2. The van der Waals surface area contributed by atoms with Gasteiger partial charge in [-0.1, -0.05) is 66.7 Å². The molecule has 0 radical (unpaired) electrons. The van der Waals surface area contributed by atoms with Crippen molar-refractivity contribution in [3.05, 3.63) is 108 Å². The third kappa shape index (κ3) is 5.09. The third-order valence-electron chi connectivity index (χ3n) is 7.77. The second kappa shape index (κ2) is 10.8. The predicted molar refractivity (Wildman–Crippen MR) is 146 cm³/mol. The Kier molecular flexibility index (Phi) is 6.97. The highest BCUT2D eigenvalue weighted by Gasteiger charge is 2.44. The van der Waals surface area contributed by atoms with Crippen LogP contribution < -0.4 is 14.4 Å². The van der Waals surface area contributed by atoms with Gasteiger partial charge in [-0.15, -0.1) is 0 Å². The number of halogens is 1. The van der Waals surface area contributed by atoms with Gasteiger partial charge in [-0.25, -0.2) is 4.39 Å². The molecule has 2 heterocycles. The number of benzene rings is 3. The summed E-state index contributed by atoms with van der Waals surface area (Å²) >= 11 is 0. The van der Waals surface area contributed by atoms with Crippen molar-refractivity contribution in [2.24, 2.45) is 11.8 Å². The van der Waals surface area contributed by atoms with Crippen LogP contribution in [0.2, 0.25) is 0 Å². The van der Waals surface area contributed by atoms with Gasteiger partial charge in [0.25, 0.3) is 0 Å². The van der Waals surface area contributed by atoms with E-state index in [1.54, 1.807) is 12.1 Å². The van der Waals surface area contributed by atoms with Gasteiger partial charge in [0.15, 0.2) is 0 Å². The first-order valence-electron chi connectivity index (χ1n) is 13.2. The van der Waals surface area contributed by atoms with Crippen LogP contribution >= 0.6 is 0 Å². The summed E-state index contributed by atoms with van der Waals surface area (Å²) < 4.78 is 27.6. The molecule has 38 heavy (non-hydrogen) atoms. The van der Waals surface area contributed by atoms with Crippen LogP contribution in [0.1, 0.15) is 24.0 Å². The molecule has 3 aromatic carbocycles. The van der Waals surface area contributed by atoms with Gasteiger partial charge >= 0.3 is 0 Å². The van der Waals surface area contributed by atoms with E-state index in [4.69, 9.17) is 9.47 Å². The molecule has 2 bridgehead atoms. The first-order chi connectivity index (χ1) is 18.7. The Balaban J connectivity index is 1.25. The Morgan fingerprint density at radius 1 is 0.842 bits per heavy atom. The average Bonchev–Trinajstić information content (AvgIpc) is 3.57. The molecule has 6 heteroatoms. The van der Waals surface area contributed by atoms with Crippen molar-refractivity contribution in [3.8, 4) is 22.9 Å². The third-order valence-corrected chi connectivity index (χ3v) is 7.77. The predicted octanol–water partition coefficient (Wildman–Crippen LogP) is 6.25. The lowest BCUT2D eigenvalue weighted by molar-refractivity contribution is 0.189. The molecule has 0 spiro atoms. The molecule has 4 aromatic rings. The molecule has 3 atom stereocenters. The Labute approximate surface area is 222 Å². The molecule has 1 N–H and O–H groups in total. The summed E-state index contributed by atoms with van der Waals surface area (Å²) in [6, 6.07) is 29.1. The molecule has 0 unspecified atom stereocenters. The smallest absolute Gasteiger partial charge is 0.225 e. The molecule has 1 saturated heterocycles. The van der Waals surface area contributed by atoms with E-state index in [2.05, 4.69) is 9.88 Å². The van der Waals surface area contributed by atoms with Crippen LogP contribution in [-0.4, -0.2) is 29.3 Å². The number of aliphatic hydroxyl groups is 1. The van der Waals surface area contributed by atoms with Gasteiger partial charge in [0.2, 0.25) is 11.8 Å². The normalized spacial score (nSPS) is 20.1. The molecule has 1 saturated carbocycles. The summed E-state index contributed by atoms with van der Waals surface area (Å²) in [5.41, 5.74) is 4.10. The van der Waals surface area contributed by atoms with Crippen LogP contribution in [0, 0.1) is 17.7 Å². The summed E-state index contributed by atoms with van der Waals surface area (Å²) in [4.78, 5) is 6.82. The van der Waals surface area contributed by atoms with Gasteiger partial charge in [-0.2, -0.15) is 4.98 Å². The van der Waals surface area contributed by atoms with Crippen molar-refractivity contribution in [1.82, 2.24) is 4.98 Å². The van der Waals surface area contributed by atoms with Crippen LogP contribution in [0.5, 0.6) is 11.8 Å². The zero-order chi connectivity index (χ0) is 25.9. The zero-order valence-electron chi connectivity index (χ0n) is 21.2. The van der Waals surface area contributed by atoms with Crippen molar-refractivity contribution < 1.29 is 19.0 Å². The van der Waals surface area contributed by atoms with Gasteiger partial charge in [-0.3, -0.25) is 0 Å². The lowest BCUT2D eigenvalue weighted by Gasteiger charge is -2.33. The largest absolute Gasteiger partial charge is 0.473 e. The van der Waals surface area contributed by atoms with Crippen molar-refractivity contribution >= 4 is 5.69 Å². The van der Waals surface area contributed by atoms with E-state index in [1.807, 2.05) is 78.9 Å². The van der Waals surface area contributed by atoms with Crippen molar-refractivity contribution in [2.45, 2.75) is 32.1 Å². The van der Waals surface area contributed by atoms with Crippen LogP contribution in [0.15, 0.2) is 91.0 Å². The molecule has 0 amide bonds. The van der Waals surface area contributed by atoms with Crippen LogP contribution in [0.4, 0.5) is 10.1 Å². The maximum atomic E-state index is 15.5. The minimum Gasteiger partial charge on any atom is -0.473 e. The van der Waals surface area contributed by atoms with Crippen molar-refractivity contribution in [3.63, 3.8) is 0 Å². The highest BCUT2D eigenvalue weighted by molar-refractivity contribution is 5.71. The number of pyridine rings is 1. The quantitative estimate of drug-likeness (QED) is 0.288. The zero-order valence-corrected chi connectivity index (χ0v) is 21.2. The minimum absolute atomic E-state index is 0.222. The number of nitrogens with zero attached hydrogens (tertiary/aromatic N) is 2. The van der Waals surface area contributed by atoms with E-state index >= 15 is 4.39 Å². The summed E-state index contributed by atoms with van der Waals surface area (Å²) in [5, 5.41) is 9.60. The van der Waals surface area contributed by atoms with E-state index in [0.717, 1.165) is 30.5 Å². The van der Waals surface area contributed by atoms with E-state index in [-0.39, 0.29) is 12.4 Å². The average molecular weight is 511 g/mol. The number of hydrogen-bond donors (Lipinski definition) is 1. The number of aromatic nitrogens is 1. The van der Waals surface area contributed by atoms with E-state index in [0.29, 0.717) is 59.7 Å². The van der Waals surface area contributed by atoms with Gasteiger partial charge in [0.1, 0.15) is 19.0 Å². The van der Waals surface area contributed by atoms with Crippen molar-refractivity contribution in [1.29, 1.82) is 0 Å². The first kappa shape index (κ1) is 24.4. The number of ether oxygens (including phenoxy) is 2. The molecular formula is C32H31FN2O3. The van der Waals surface area contributed by atoms with Crippen LogP contribution in [0.25, 0.3) is 11.1 Å². The second-order valence-corrected chi connectivity index (χ2v) is 10.2. The molecule has 194 valence electrons. The summed E-state index contributed by atoms with van der Waals surface area (Å²) in [6.45, 7) is 1.75. The number of hydrogen-bond acceptors (Lipinski definition) is 5. The lowest BCUT2D eigenvalue weighted by Crippen LogP contribution is -2.36. The SMILES string of the molecule is OC[C@H]1C[C@@H]2C[C@H]1CN2c1ccc(-c2ccc(OCc3ccccc3)nc2OCc2ccccc2)cc1F. The number of anilines is 1.